The third kappa shape index (κ3) is 14.6. The molecular formula is C18H37ClNO2+. The van der Waals surface area contributed by atoms with Crippen LogP contribution in [0, 0.1) is 0 Å². The predicted octanol–water partition coefficient (Wildman–Crippen LogP) is 5.11. The average Bonchev–Trinajstić information content (AvgIpc) is 2.39. The maximum Gasteiger partial charge on any atom is 0.304 e. The topological polar surface area (TPSA) is 26.3 Å². The number of ether oxygens (including phenoxy) is 1. The minimum atomic E-state index is -0.518. The van der Waals surface area contributed by atoms with E-state index in [-0.39, 0.29) is 5.97 Å². The van der Waals surface area contributed by atoms with Crippen molar-refractivity contribution in [1.29, 1.82) is 0 Å². The monoisotopic (exact) mass is 334 g/mol. The number of alkyl halides is 1. The summed E-state index contributed by atoms with van der Waals surface area (Å²) in [7, 11) is 4.29. The van der Waals surface area contributed by atoms with Gasteiger partial charge in [0.1, 0.15) is 6.54 Å². The second-order valence-corrected chi connectivity index (χ2v) is 7.53. The zero-order valence-corrected chi connectivity index (χ0v) is 16.0. The zero-order chi connectivity index (χ0) is 16.8. The van der Waals surface area contributed by atoms with Crippen molar-refractivity contribution in [1.82, 2.24) is 0 Å². The van der Waals surface area contributed by atoms with Gasteiger partial charge in [0.05, 0.1) is 20.6 Å². The Balaban J connectivity index is 3.50. The molecule has 3 nitrogen and oxygen atoms in total. The number of rotatable bonds is 14. The van der Waals surface area contributed by atoms with E-state index < -0.39 is 5.56 Å². The summed E-state index contributed by atoms with van der Waals surface area (Å²) in [5.74, 6) is -0.307. The first-order chi connectivity index (χ1) is 10.4. The van der Waals surface area contributed by atoms with E-state index in [2.05, 4.69) is 21.0 Å². The van der Waals surface area contributed by atoms with E-state index >= 15 is 0 Å². The van der Waals surface area contributed by atoms with Gasteiger partial charge < -0.3 is 9.22 Å². The Labute approximate surface area is 142 Å². The Morgan fingerprint density at radius 2 is 1.41 bits per heavy atom. The first kappa shape index (κ1) is 21.7. The van der Waals surface area contributed by atoms with Crippen LogP contribution in [-0.4, -0.2) is 43.2 Å². The van der Waals surface area contributed by atoms with Crippen LogP contribution in [-0.2, 0) is 9.53 Å². The van der Waals surface area contributed by atoms with E-state index in [0.717, 1.165) is 11.0 Å². The minimum Gasteiger partial charge on any atom is -0.440 e. The van der Waals surface area contributed by atoms with Crippen molar-refractivity contribution in [2.75, 3.05) is 27.2 Å². The van der Waals surface area contributed by atoms with E-state index in [1.54, 1.807) is 0 Å². The first-order valence-electron chi connectivity index (χ1n) is 9.00. The largest absolute Gasteiger partial charge is 0.440 e. The normalized spacial score (nSPS) is 13.1. The summed E-state index contributed by atoms with van der Waals surface area (Å²) in [5.41, 5.74) is -0.518. The highest BCUT2D eigenvalue weighted by molar-refractivity contribution is 6.20. The lowest BCUT2D eigenvalue weighted by Gasteiger charge is -2.31. The molecule has 4 heteroatoms. The van der Waals surface area contributed by atoms with Crippen LogP contribution in [0.2, 0.25) is 0 Å². The fraction of sp³-hybridized carbons (Fsp3) is 0.944. The number of halogens is 1. The van der Waals surface area contributed by atoms with Gasteiger partial charge >= 0.3 is 5.97 Å². The maximum absolute atomic E-state index is 10.9. The van der Waals surface area contributed by atoms with E-state index in [1.165, 1.54) is 71.1 Å². The zero-order valence-electron chi connectivity index (χ0n) is 15.2. The van der Waals surface area contributed by atoms with Crippen LogP contribution < -0.4 is 0 Å². The second-order valence-electron chi connectivity index (χ2n) is 7.04. The molecule has 0 saturated heterocycles. The van der Waals surface area contributed by atoms with Gasteiger partial charge in [0, 0.05) is 6.92 Å². The summed E-state index contributed by atoms with van der Waals surface area (Å²) in [4.78, 5) is 10.9. The lowest BCUT2D eigenvalue weighted by atomic mass is 10.1. The molecule has 1 atom stereocenters. The molecule has 0 bridgehead atoms. The molecule has 0 rings (SSSR count). The van der Waals surface area contributed by atoms with Crippen molar-refractivity contribution in [3.8, 4) is 0 Å². The molecule has 0 aromatic rings. The number of likely N-dealkylation sites (N-methyl/N-ethyl adjacent to an activating group) is 1. The Hall–Kier alpha value is -0.280. The number of quaternary nitrogens is 1. The van der Waals surface area contributed by atoms with Crippen LogP contribution in [0.1, 0.15) is 78.1 Å². The Kier molecular flexibility index (Phi) is 13.0. The molecule has 0 aromatic heterocycles. The van der Waals surface area contributed by atoms with Crippen LogP contribution in [0.3, 0.4) is 0 Å². The summed E-state index contributed by atoms with van der Waals surface area (Å²) >= 11 is 6.04. The second kappa shape index (κ2) is 13.2. The van der Waals surface area contributed by atoms with E-state index in [1.807, 2.05) is 0 Å². The smallest absolute Gasteiger partial charge is 0.304 e. The molecule has 0 fully saturated rings. The van der Waals surface area contributed by atoms with Crippen molar-refractivity contribution < 1.29 is 14.0 Å². The molecule has 132 valence electrons. The Morgan fingerprint density at radius 3 is 1.86 bits per heavy atom. The third-order valence-electron chi connectivity index (χ3n) is 4.05. The Bertz CT molecular complexity index is 282. The highest BCUT2D eigenvalue weighted by Crippen LogP contribution is 2.13. The third-order valence-corrected chi connectivity index (χ3v) is 4.28. The van der Waals surface area contributed by atoms with Gasteiger partial charge in [0.15, 0.2) is 0 Å². The molecule has 0 aliphatic carbocycles. The average molecular weight is 335 g/mol. The molecule has 0 aromatic carbocycles. The standard InChI is InChI=1S/C18H37ClNO2/c1-5-6-7-8-9-10-11-12-13-14-15-20(3,4)16-18(19)22-17(2)21/h18H,5-16H2,1-4H3/q+1. The van der Waals surface area contributed by atoms with E-state index in [9.17, 15) is 4.79 Å². The van der Waals surface area contributed by atoms with Crippen molar-refractivity contribution in [2.45, 2.75) is 83.6 Å². The van der Waals surface area contributed by atoms with Gasteiger partial charge in [-0.1, -0.05) is 69.9 Å². The summed E-state index contributed by atoms with van der Waals surface area (Å²) in [6, 6.07) is 0. The van der Waals surface area contributed by atoms with Gasteiger partial charge in [0.2, 0.25) is 5.56 Å². The highest BCUT2D eigenvalue weighted by Gasteiger charge is 2.21. The molecule has 0 radical (unpaired) electrons. The molecule has 22 heavy (non-hydrogen) atoms. The van der Waals surface area contributed by atoms with Gasteiger partial charge in [-0.3, -0.25) is 4.79 Å². The van der Waals surface area contributed by atoms with Crippen molar-refractivity contribution in [2.24, 2.45) is 0 Å². The van der Waals surface area contributed by atoms with E-state index in [4.69, 9.17) is 16.3 Å². The van der Waals surface area contributed by atoms with Gasteiger partial charge in [-0.05, 0) is 12.8 Å². The molecule has 0 aliphatic heterocycles. The number of unbranched alkanes of at least 4 members (excludes halogenated alkanes) is 9. The quantitative estimate of drug-likeness (QED) is 0.191. The summed E-state index contributed by atoms with van der Waals surface area (Å²) in [5, 5.41) is 0. The van der Waals surface area contributed by atoms with Crippen LogP contribution >= 0.6 is 11.6 Å². The number of nitrogens with zero attached hydrogens (tertiary/aromatic N) is 1. The first-order valence-corrected chi connectivity index (χ1v) is 9.44. The molecule has 1 unspecified atom stereocenters. The number of hydrogen-bond acceptors (Lipinski definition) is 2. The minimum absolute atomic E-state index is 0.307. The van der Waals surface area contributed by atoms with E-state index in [0.29, 0.717) is 6.54 Å². The lowest BCUT2D eigenvalue weighted by molar-refractivity contribution is -0.892. The van der Waals surface area contributed by atoms with Gasteiger partial charge in [-0.2, -0.15) is 0 Å². The van der Waals surface area contributed by atoms with Crippen LogP contribution in [0.4, 0.5) is 0 Å². The fourth-order valence-corrected chi connectivity index (χ4v) is 3.22. The van der Waals surface area contributed by atoms with Crippen LogP contribution in [0.15, 0.2) is 0 Å². The van der Waals surface area contributed by atoms with Crippen molar-refractivity contribution in [3.05, 3.63) is 0 Å². The number of carbonyl (C=O) groups is 1. The highest BCUT2D eigenvalue weighted by atomic mass is 35.5. The van der Waals surface area contributed by atoms with Crippen LogP contribution in [0.25, 0.3) is 0 Å². The number of carbonyl (C=O) groups excluding carboxylic acids is 1. The lowest BCUT2D eigenvalue weighted by Crippen LogP contribution is -2.45. The Morgan fingerprint density at radius 1 is 0.955 bits per heavy atom. The molecule has 0 amide bonds. The number of esters is 1. The molecule has 0 heterocycles. The summed E-state index contributed by atoms with van der Waals surface area (Å²) in [6.45, 7) is 5.41. The summed E-state index contributed by atoms with van der Waals surface area (Å²) in [6.07, 6.45) is 13.5. The molecule has 0 saturated carbocycles. The molecular weight excluding hydrogens is 298 g/mol. The SMILES string of the molecule is CCCCCCCCCCCC[N+](C)(C)CC(Cl)OC(C)=O. The van der Waals surface area contributed by atoms with Crippen molar-refractivity contribution >= 4 is 17.6 Å². The maximum atomic E-state index is 10.9. The van der Waals surface area contributed by atoms with Gasteiger partial charge in [0.25, 0.3) is 0 Å². The molecule has 0 N–H and O–H groups in total. The van der Waals surface area contributed by atoms with Gasteiger partial charge in [-0.25, -0.2) is 0 Å². The van der Waals surface area contributed by atoms with Gasteiger partial charge in [-0.15, -0.1) is 0 Å². The van der Waals surface area contributed by atoms with Crippen molar-refractivity contribution in [3.63, 3.8) is 0 Å². The molecule has 0 spiro atoms. The van der Waals surface area contributed by atoms with Crippen LogP contribution in [0.5, 0.6) is 0 Å². The summed E-state index contributed by atoms with van der Waals surface area (Å²) < 4.78 is 5.80. The number of hydrogen-bond donors (Lipinski definition) is 0. The predicted molar refractivity (Wildman–Crippen MR) is 95.1 cm³/mol. The molecule has 0 aliphatic rings. The fourth-order valence-electron chi connectivity index (χ4n) is 2.72.